The lowest BCUT2D eigenvalue weighted by molar-refractivity contribution is 0.211. The molecule has 1 unspecified atom stereocenters. The van der Waals surface area contributed by atoms with Crippen LogP contribution >= 0.6 is 10.7 Å². The van der Waals surface area contributed by atoms with Gasteiger partial charge in [0.05, 0.1) is 0 Å². The van der Waals surface area contributed by atoms with Gasteiger partial charge >= 0.3 is 0 Å². The van der Waals surface area contributed by atoms with Crippen molar-refractivity contribution in [2.45, 2.75) is 19.3 Å². The third-order valence-electron chi connectivity index (χ3n) is 2.45. The van der Waals surface area contributed by atoms with Crippen LogP contribution in [-0.4, -0.2) is 33.5 Å². The number of piperidine rings is 1. The maximum absolute atomic E-state index is 10.6. The highest BCUT2D eigenvalue weighted by molar-refractivity contribution is 8.16. The van der Waals surface area contributed by atoms with Crippen LogP contribution in [0.5, 0.6) is 0 Å². The highest BCUT2D eigenvalue weighted by Gasteiger charge is 2.15. The summed E-state index contributed by atoms with van der Waals surface area (Å²) in [4.78, 5) is 2.28. The van der Waals surface area contributed by atoms with Gasteiger partial charge in [-0.1, -0.05) is 6.08 Å². The first-order valence-corrected chi connectivity index (χ1v) is 7.14. The van der Waals surface area contributed by atoms with Gasteiger partial charge in [0, 0.05) is 22.6 Å². The molecule has 1 heterocycles. The first-order chi connectivity index (χ1) is 6.47. The summed E-state index contributed by atoms with van der Waals surface area (Å²) in [5.41, 5.74) is 0. The largest absolute Gasteiger partial charge is 0.306 e. The summed E-state index contributed by atoms with van der Waals surface area (Å²) in [6, 6.07) is 0. The van der Waals surface area contributed by atoms with E-state index in [1.54, 1.807) is 6.08 Å². The van der Waals surface area contributed by atoms with Gasteiger partial charge in [0.2, 0.25) is 0 Å². The van der Waals surface area contributed by atoms with Gasteiger partial charge in [-0.15, -0.1) is 0 Å². The van der Waals surface area contributed by atoms with E-state index in [0.717, 1.165) is 24.9 Å². The van der Waals surface area contributed by atoms with Crippen LogP contribution in [-0.2, 0) is 9.05 Å². The SMILES string of the molecule is CN1CCCC(C/C=C\S(=O)(=O)Cl)C1. The van der Waals surface area contributed by atoms with Crippen molar-refractivity contribution in [1.82, 2.24) is 4.90 Å². The fourth-order valence-electron chi connectivity index (χ4n) is 1.83. The fourth-order valence-corrected chi connectivity index (χ4v) is 2.39. The molecule has 0 bridgehead atoms. The Hall–Kier alpha value is -0.0600. The van der Waals surface area contributed by atoms with Crippen LogP contribution in [0.3, 0.4) is 0 Å². The van der Waals surface area contributed by atoms with E-state index in [-0.39, 0.29) is 0 Å². The minimum Gasteiger partial charge on any atom is -0.306 e. The monoisotopic (exact) mass is 237 g/mol. The lowest BCUT2D eigenvalue weighted by atomic mass is 9.95. The smallest absolute Gasteiger partial charge is 0.254 e. The first-order valence-electron chi connectivity index (χ1n) is 4.77. The van der Waals surface area contributed by atoms with E-state index < -0.39 is 9.05 Å². The molecule has 1 fully saturated rings. The molecule has 82 valence electrons. The molecule has 0 aromatic carbocycles. The number of hydrogen-bond acceptors (Lipinski definition) is 3. The van der Waals surface area contributed by atoms with E-state index in [9.17, 15) is 8.42 Å². The van der Waals surface area contributed by atoms with E-state index in [1.165, 1.54) is 12.8 Å². The molecule has 0 saturated carbocycles. The molecule has 3 nitrogen and oxygen atoms in total. The van der Waals surface area contributed by atoms with Gasteiger partial charge in [0.1, 0.15) is 0 Å². The lowest BCUT2D eigenvalue weighted by Gasteiger charge is -2.28. The van der Waals surface area contributed by atoms with Gasteiger partial charge in [-0.3, -0.25) is 0 Å². The predicted molar refractivity (Wildman–Crippen MR) is 58.8 cm³/mol. The van der Waals surface area contributed by atoms with Crippen LogP contribution < -0.4 is 0 Å². The number of nitrogens with zero attached hydrogens (tertiary/aromatic N) is 1. The predicted octanol–water partition coefficient (Wildman–Crippen LogP) is 1.80. The van der Waals surface area contributed by atoms with Crippen LogP contribution in [0.2, 0.25) is 0 Å². The molecule has 1 rings (SSSR count). The molecular weight excluding hydrogens is 222 g/mol. The summed E-state index contributed by atoms with van der Waals surface area (Å²) < 4.78 is 21.2. The normalized spacial score (nSPS) is 25.7. The van der Waals surface area contributed by atoms with Crippen molar-refractivity contribution in [3.63, 3.8) is 0 Å². The van der Waals surface area contributed by atoms with Crippen LogP contribution in [0.4, 0.5) is 0 Å². The summed E-state index contributed by atoms with van der Waals surface area (Å²) in [6.45, 7) is 2.20. The van der Waals surface area contributed by atoms with Crippen LogP contribution in [0.25, 0.3) is 0 Å². The topological polar surface area (TPSA) is 37.4 Å². The third-order valence-corrected chi connectivity index (χ3v) is 3.28. The molecule has 0 amide bonds. The number of halogens is 1. The maximum Gasteiger partial charge on any atom is 0.254 e. The molecule has 0 N–H and O–H groups in total. The maximum atomic E-state index is 10.6. The van der Waals surface area contributed by atoms with Crippen LogP contribution in [0.15, 0.2) is 11.5 Å². The van der Waals surface area contributed by atoms with Gasteiger partial charge in [-0.05, 0) is 38.8 Å². The van der Waals surface area contributed by atoms with Crippen molar-refractivity contribution in [2.75, 3.05) is 20.1 Å². The molecule has 0 aliphatic carbocycles. The summed E-state index contributed by atoms with van der Waals surface area (Å²) in [6.07, 6.45) is 4.84. The zero-order chi connectivity index (χ0) is 10.6. The highest BCUT2D eigenvalue weighted by atomic mass is 35.7. The average Bonchev–Trinajstić information content (AvgIpc) is 2.01. The average molecular weight is 238 g/mol. The minimum atomic E-state index is -3.46. The number of rotatable bonds is 3. The minimum absolute atomic E-state index is 0.573. The number of allylic oxidation sites excluding steroid dienone is 1. The van der Waals surface area contributed by atoms with E-state index >= 15 is 0 Å². The quantitative estimate of drug-likeness (QED) is 0.703. The summed E-state index contributed by atoms with van der Waals surface area (Å²) in [7, 11) is 3.69. The molecule has 14 heavy (non-hydrogen) atoms. The van der Waals surface area contributed by atoms with Gasteiger partial charge in [0.15, 0.2) is 0 Å². The Balaban J connectivity index is 2.34. The Morgan fingerprint density at radius 2 is 2.29 bits per heavy atom. The second-order valence-electron chi connectivity index (χ2n) is 3.85. The van der Waals surface area contributed by atoms with Gasteiger partial charge in [0.25, 0.3) is 9.05 Å². The molecule has 5 heteroatoms. The summed E-state index contributed by atoms with van der Waals surface area (Å²) in [5, 5.41) is 1.09. The Labute approximate surface area is 90.2 Å². The van der Waals surface area contributed by atoms with E-state index in [4.69, 9.17) is 10.7 Å². The molecule has 0 aromatic heterocycles. The Bertz CT molecular complexity index is 300. The van der Waals surface area contributed by atoms with Gasteiger partial charge in [-0.25, -0.2) is 8.42 Å². The van der Waals surface area contributed by atoms with E-state index in [0.29, 0.717) is 5.92 Å². The van der Waals surface area contributed by atoms with Crippen LogP contribution in [0, 0.1) is 5.92 Å². The van der Waals surface area contributed by atoms with Crippen molar-refractivity contribution < 1.29 is 8.42 Å². The Kier molecular flexibility index (Phi) is 4.41. The van der Waals surface area contributed by atoms with Crippen LogP contribution in [0.1, 0.15) is 19.3 Å². The van der Waals surface area contributed by atoms with Crippen molar-refractivity contribution in [2.24, 2.45) is 5.92 Å². The lowest BCUT2D eigenvalue weighted by Crippen LogP contribution is -2.31. The van der Waals surface area contributed by atoms with Crippen molar-refractivity contribution in [3.05, 3.63) is 11.5 Å². The molecule has 1 aliphatic rings. The number of likely N-dealkylation sites (tertiary alicyclic amines) is 1. The molecule has 0 spiro atoms. The molecule has 1 atom stereocenters. The van der Waals surface area contributed by atoms with E-state index in [2.05, 4.69) is 11.9 Å². The zero-order valence-electron chi connectivity index (χ0n) is 8.32. The second kappa shape index (κ2) is 5.14. The molecule has 0 radical (unpaired) electrons. The Morgan fingerprint density at radius 3 is 2.86 bits per heavy atom. The van der Waals surface area contributed by atoms with Gasteiger partial charge < -0.3 is 4.90 Å². The highest BCUT2D eigenvalue weighted by Crippen LogP contribution is 2.19. The summed E-state index contributed by atoms with van der Waals surface area (Å²) >= 11 is 0. The fraction of sp³-hybridized carbons (Fsp3) is 0.778. The first kappa shape index (κ1) is 12.0. The third kappa shape index (κ3) is 4.98. The molecular formula is C9H16ClNO2S. The molecule has 1 saturated heterocycles. The van der Waals surface area contributed by atoms with E-state index in [1.807, 2.05) is 0 Å². The van der Waals surface area contributed by atoms with Crippen molar-refractivity contribution in [3.8, 4) is 0 Å². The standard InChI is InChI=1S/C9H16ClNO2S/c1-11-6-2-4-9(8-11)5-3-7-14(10,12)13/h3,7,9H,2,4-6,8H2,1H3/b7-3-. The van der Waals surface area contributed by atoms with Crippen molar-refractivity contribution >= 4 is 19.7 Å². The van der Waals surface area contributed by atoms with Gasteiger partial charge in [-0.2, -0.15) is 0 Å². The summed E-state index contributed by atoms with van der Waals surface area (Å²) in [5.74, 6) is 0.573. The Morgan fingerprint density at radius 1 is 1.57 bits per heavy atom. The second-order valence-corrected chi connectivity index (χ2v) is 6.37. The number of hydrogen-bond donors (Lipinski definition) is 0. The molecule has 1 aliphatic heterocycles. The van der Waals surface area contributed by atoms with Crippen molar-refractivity contribution in [1.29, 1.82) is 0 Å². The molecule has 0 aromatic rings. The zero-order valence-corrected chi connectivity index (χ0v) is 9.89.